The van der Waals surface area contributed by atoms with E-state index in [1.165, 1.54) is 0 Å². The summed E-state index contributed by atoms with van der Waals surface area (Å²) in [5.74, 6) is -3.35. The molecule has 1 atom stereocenters. The highest BCUT2D eigenvalue weighted by Crippen LogP contribution is 2.27. The van der Waals surface area contributed by atoms with Crippen LogP contribution in [0, 0.1) is 0 Å². The molecule has 0 aromatic rings. The normalized spacial score (nSPS) is 18.6. The molecule has 0 aromatic heterocycles. The Morgan fingerprint density at radius 3 is 2.48 bits per heavy atom. The van der Waals surface area contributed by atoms with E-state index < -0.39 is 36.1 Å². The summed E-state index contributed by atoms with van der Waals surface area (Å²) in [6.07, 6.45) is 0.579. The first-order valence-electron chi connectivity index (χ1n) is 7.90. The SMILES string of the molecule is CC(C)(C)OC(=O)NC(CCCCN)C(=O)N1CCC(F)(F)C1. The third-order valence-corrected chi connectivity index (χ3v) is 3.42. The van der Waals surface area contributed by atoms with Crippen molar-refractivity contribution < 1.29 is 23.1 Å². The number of alkyl halides is 2. The number of carbonyl (C=O) groups excluding carboxylic acids is 2. The van der Waals surface area contributed by atoms with E-state index in [4.69, 9.17) is 10.5 Å². The molecular weight excluding hydrogens is 308 g/mol. The monoisotopic (exact) mass is 335 g/mol. The fourth-order valence-corrected chi connectivity index (χ4v) is 2.34. The summed E-state index contributed by atoms with van der Waals surface area (Å²) in [5.41, 5.74) is 4.73. The summed E-state index contributed by atoms with van der Waals surface area (Å²) in [5, 5.41) is 2.50. The summed E-state index contributed by atoms with van der Waals surface area (Å²) in [7, 11) is 0. The smallest absolute Gasteiger partial charge is 0.408 e. The highest BCUT2D eigenvalue weighted by Gasteiger charge is 2.42. The van der Waals surface area contributed by atoms with Crippen LogP contribution in [-0.4, -0.2) is 54.1 Å². The molecule has 0 aromatic carbocycles. The Balaban J connectivity index is 2.67. The number of hydrogen-bond acceptors (Lipinski definition) is 4. The van der Waals surface area contributed by atoms with E-state index in [1.54, 1.807) is 20.8 Å². The fraction of sp³-hybridized carbons (Fsp3) is 0.867. The predicted molar refractivity (Wildman–Crippen MR) is 82.2 cm³/mol. The molecule has 0 bridgehead atoms. The number of nitrogens with one attached hydrogen (secondary N) is 1. The van der Waals surface area contributed by atoms with Crippen LogP contribution in [0.4, 0.5) is 13.6 Å². The largest absolute Gasteiger partial charge is 0.444 e. The second-order valence-electron chi connectivity index (χ2n) is 6.85. The van der Waals surface area contributed by atoms with Gasteiger partial charge < -0.3 is 20.7 Å². The standard InChI is InChI=1S/C15H27F2N3O3/c1-14(2,3)23-13(22)19-11(6-4-5-8-18)12(21)20-9-7-15(16,17)10-20/h11H,4-10,18H2,1-3H3,(H,19,22). The number of halogens is 2. The van der Waals surface area contributed by atoms with Crippen LogP contribution in [0.25, 0.3) is 0 Å². The Morgan fingerprint density at radius 1 is 1.35 bits per heavy atom. The maximum Gasteiger partial charge on any atom is 0.408 e. The molecule has 8 heteroatoms. The molecule has 2 amide bonds. The van der Waals surface area contributed by atoms with Crippen LogP contribution in [-0.2, 0) is 9.53 Å². The summed E-state index contributed by atoms with van der Waals surface area (Å²) in [6.45, 7) is 4.98. The molecule has 3 N–H and O–H groups in total. The van der Waals surface area contributed by atoms with Gasteiger partial charge in [-0.05, 0) is 46.6 Å². The number of unbranched alkanes of at least 4 members (excludes halogenated alkanes) is 1. The molecule has 1 rings (SSSR count). The predicted octanol–water partition coefficient (Wildman–Crippen LogP) is 1.88. The van der Waals surface area contributed by atoms with E-state index >= 15 is 0 Å². The lowest BCUT2D eigenvalue weighted by Crippen LogP contribution is -2.49. The Bertz CT molecular complexity index is 425. The first kappa shape index (κ1) is 19.6. The van der Waals surface area contributed by atoms with Crippen molar-refractivity contribution in [2.24, 2.45) is 5.73 Å². The van der Waals surface area contributed by atoms with Crippen LogP contribution in [0.2, 0.25) is 0 Å². The second kappa shape index (κ2) is 7.90. The number of likely N-dealkylation sites (tertiary alicyclic amines) is 1. The molecule has 0 spiro atoms. The number of alkyl carbamates (subject to hydrolysis) is 1. The molecule has 0 aliphatic carbocycles. The van der Waals surface area contributed by atoms with Gasteiger partial charge in [-0.1, -0.05) is 0 Å². The summed E-state index contributed by atoms with van der Waals surface area (Å²) >= 11 is 0. The van der Waals surface area contributed by atoms with Crippen molar-refractivity contribution in [3.63, 3.8) is 0 Å². The average molecular weight is 335 g/mol. The first-order valence-corrected chi connectivity index (χ1v) is 7.90. The van der Waals surface area contributed by atoms with Crippen LogP contribution in [0.5, 0.6) is 0 Å². The van der Waals surface area contributed by atoms with E-state index in [9.17, 15) is 18.4 Å². The lowest BCUT2D eigenvalue weighted by atomic mass is 10.1. The van der Waals surface area contributed by atoms with E-state index in [1.807, 2.05) is 0 Å². The van der Waals surface area contributed by atoms with Crippen molar-refractivity contribution in [1.82, 2.24) is 10.2 Å². The fourth-order valence-electron chi connectivity index (χ4n) is 2.34. The summed E-state index contributed by atoms with van der Waals surface area (Å²) in [4.78, 5) is 25.4. The van der Waals surface area contributed by atoms with Crippen LogP contribution in [0.3, 0.4) is 0 Å². The Labute approximate surface area is 135 Å². The second-order valence-corrected chi connectivity index (χ2v) is 6.85. The van der Waals surface area contributed by atoms with Crippen molar-refractivity contribution in [1.29, 1.82) is 0 Å². The molecule has 1 aliphatic heterocycles. The first-order chi connectivity index (χ1) is 10.5. The molecule has 1 aliphatic rings. The highest BCUT2D eigenvalue weighted by molar-refractivity contribution is 5.86. The third kappa shape index (κ3) is 7.11. The Kier molecular flexibility index (Phi) is 6.73. The van der Waals surface area contributed by atoms with Gasteiger partial charge >= 0.3 is 6.09 Å². The molecule has 1 heterocycles. The van der Waals surface area contributed by atoms with Gasteiger partial charge in [0.15, 0.2) is 0 Å². The van der Waals surface area contributed by atoms with Gasteiger partial charge in [0, 0.05) is 13.0 Å². The Morgan fingerprint density at radius 2 is 2.00 bits per heavy atom. The number of ether oxygens (including phenoxy) is 1. The van der Waals surface area contributed by atoms with Crippen molar-refractivity contribution >= 4 is 12.0 Å². The van der Waals surface area contributed by atoms with Crippen molar-refractivity contribution in [2.75, 3.05) is 19.6 Å². The van der Waals surface area contributed by atoms with Crippen molar-refractivity contribution in [2.45, 2.75) is 64.0 Å². The van der Waals surface area contributed by atoms with Gasteiger partial charge in [0.05, 0.1) is 6.54 Å². The molecular formula is C15H27F2N3O3. The minimum Gasteiger partial charge on any atom is -0.444 e. The van der Waals surface area contributed by atoms with Gasteiger partial charge in [-0.25, -0.2) is 13.6 Å². The summed E-state index contributed by atoms with van der Waals surface area (Å²) < 4.78 is 31.7. The number of carbonyl (C=O) groups is 2. The summed E-state index contributed by atoms with van der Waals surface area (Å²) in [6, 6.07) is -0.870. The van der Waals surface area contributed by atoms with E-state index in [0.29, 0.717) is 25.8 Å². The molecule has 23 heavy (non-hydrogen) atoms. The van der Waals surface area contributed by atoms with E-state index in [-0.39, 0.29) is 13.0 Å². The molecule has 0 saturated carbocycles. The molecule has 6 nitrogen and oxygen atoms in total. The van der Waals surface area contributed by atoms with Gasteiger partial charge in [-0.3, -0.25) is 4.79 Å². The lowest BCUT2D eigenvalue weighted by Gasteiger charge is -2.26. The topological polar surface area (TPSA) is 84.7 Å². The molecule has 0 radical (unpaired) electrons. The number of rotatable bonds is 6. The lowest BCUT2D eigenvalue weighted by molar-refractivity contribution is -0.134. The van der Waals surface area contributed by atoms with Gasteiger partial charge in [-0.15, -0.1) is 0 Å². The third-order valence-electron chi connectivity index (χ3n) is 3.42. The zero-order valence-electron chi connectivity index (χ0n) is 14.0. The minimum absolute atomic E-state index is 0.00474. The molecule has 1 fully saturated rings. The number of hydrogen-bond donors (Lipinski definition) is 2. The van der Waals surface area contributed by atoms with Gasteiger partial charge in [0.1, 0.15) is 11.6 Å². The van der Waals surface area contributed by atoms with Crippen LogP contribution in [0.1, 0.15) is 46.5 Å². The molecule has 134 valence electrons. The maximum absolute atomic E-state index is 13.3. The zero-order valence-corrected chi connectivity index (χ0v) is 14.0. The number of nitrogens with two attached hydrogens (primary N) is 1. The highest BCUT2D eigenvalue weighted by atomic mass is 19.3. The minimum atomic E-state index is -2.86. The Hall–Kier alpha value is -1.44. The van der Waals surface area contributed by atoms with E-state index in [2.05, 4.69) is 5.32 Å². The van der Waals surface area contributed by atoms with Crippen molar-refractivity contribution in [3.05, 3.63) is 0 Å². The maximum atomic E-state index is 13.3. The number of nitrogens with zero attached hydrogens (tertiary/aromatic N) is 1. The zero-order chi connectivity index (χ0) is 17.7. The van der Waals surface area contributed by atoms with Crippen LogP contribution < -0.4 is 11.1 Å². The van der Waals surface area contributed by atoms with Gasteiger partial charge in [0.2, 0.25) is 5.91 Å². The van der Waals surface area contributed by atoms with Crippen LogP contribution in [0.15, 0.2) is 0 Å². The van der Waals surface area contributed by atoms with Crippen LogP contribution >= 0.6 is 0 Å². The van der Waals surface area contributed by atoms with E-state index in [0.717, 1.165) is 4.90 Å². The number of amides is 2. The van der Waals surface area contributed by atoms with Gasteiger partial charge in [0.25, 0.3) is 5.92 Å². The van der Waals surface area contributed by atoms with Crippen molar-refractivity contribution in [3.8, 4) is 0 Å². The van der Waals surface area contributed by atoms with Gasteiger partial charge in [-0.2, -0.15) is 0 Å². The quantitative estimate of drug-likeness (QED) is 0.726. The average Bonchev–Trinajstić information content (AvgIpc) is 2.75. The molecule has 1 unspecified atom stereocenters. The molecule has 1 saturated heterocycles.